The minimum Gasteiger partial charge on any atom is -0.347 e. The van der Waals surface area contributed by atoms with Crippen molar-refractivity contribution in [2.24, 2.45) is 17.8 Å². The number of fused-ring (bicyclic) bond motifs is 1. The van der Waals surface area contributed by atoms with E-state index in [4.69, 9.17) is 0 Å². The molecule has 2 bridgehead atoms. The molecular weight excluding hydrogens is 282 g/mol. The normalized spacial score (nSPS) is 38.4. The van der Waals surface area contributed by atoms with Crippen LogP contribution in [0.15, 0.2) is 0 Å². The van der Waals surface area contributed by atoms with Crippen LogP contribution in [0, 0.1) is 17.8 Å². The first-order valence-corrected chi connectivity index (χ1v) is 8.17. The molecule has 3 saturated carbocycles. The van der Waals surface area contributed by atoms with Crippen molar-refractivity contribution in [2.45, 2.75) is 50.1 Å². The number of hydrogen-bond donors (Lipinski definition) is 3. The van der Waals surface area contributed by atoms with E-state index in [9.17, 15) is 9.59 Å². The molecular formula is C15H19N5O2. The van der Waals surface area contributed by atoms with E-state index in [1.165, 1.54) is 0 Å². The maximum absolute atomic E-state index is 12.7. The van der Waals surface area contributed by atoms with E-state index in [0.29, 0.717) is 24.2 Å². The Balaban J connectivity index is 1.29. The third-order valence-corrected chi connectivity index (χ3v) is 5.90. The van der Waals surface area contributed by atoms with Crippen LogP contribution in [0.5, 0.6) is 0 Å². The van der Waals surface area contributed by atoms with Crippen molar-refractivity contribution in [3.8, 4) is 0 Å². The summed E-state index contributed by atoms with van der Waals surface area (Å²) in [6.45, 7) is 0.345. The number of aromatic nitrogens is 3. The van der Waals surface area contributed by atoms with Crippen LogP contribution in [0.4, 0.5) is 0 Å². The van der Waals surface area contributed by atoms with E-state index >= 15 is 0 Å². The average Bonchev–Trinajstić information content (AvgIpc) is 2.90. The van der Waals surface area contributed by atoms with Crippen LogP contribution in [0.25, 0.3) is 0 Å². The van der Waals surface area contributed by atoms with Gasteiger partial charge in [-0.3, -0.25) is 14.7 Å². The lowest BCUT2D eigenvalue weighted by Gasteiger charge is -2.30. The number of carbonyl (C=O) groups is 2. The Kier molecular flexibility index (Phi) is 2.34. The van der Waals surface area contributed by atoms with Crippen LogP contribution in [-0.4, -0.2) is 32.5 Å². The van der Waals surface area contributed by atoms with Gasteiger partial charge in [0, 0.05) is 17.8 Å². The maximum Gasteiger partial charge on any atom is 0.246 e. The second-order valence-corrected chi connectivity index (χ2v) is 7.31. The van der Waals surface area contributed by atoms with Crippen molar-refractivity contribution >= 4 is 11.8 Å². The number of carbonyl (C=O) groups excluding carboxylic acids is 2. The molecule has 1 saturated heterocycles. The van der Waals surface area contributed by atoms with E-state index < -0.39 is 5.54 Å². The molecule has 1 aromatic heterocycles. The Hall–Kier alpha value is -1.92. The summed E-state index contributed by atoms with van der Waals surface area (Å²) < 4.78 is 0. The standard InChI is InChI=1S/C15H19N5O2/c21-13-9-3-7-4-10(9)15(5-7,18-13)14(22)16-6-11-17-12(20-19-11)8-1-2-8/h7-10H,1-6H2,(H,16,22)(H,18,21)(H,17,19,20). The second kappa shape index (κ2) is 4.08. The summed E-state index contributed by atoms with van der Waals surface area (Å²) in [6, 6.07) is 0. The van der Waals surface area contributed by atoms with E-state index in [2.05, 4.69) is 25.8 Å². The lowest BCUT2D eigenvalue weighted by atomic mass is 9.78. The highest BCUT2D eigenvalue weighted by Crippen LogP contribution is 2.57. The van der Waals surface area contributed by atoms with Crippen LogP contribution in [0.1, 0.15) is 49.7 Å². The average molecular weight is 301 g/mol. The third kappa shape index (κ3) is 1.62. The molecule has 0 spiro atoms. The van der Waals surface area contributed by atoms with Gasteiger partial charge in [0.1, 0.15) is 11.4 Å². The first-order valence-electron chi connectivity index (χ1n) is 8.17. The zero-order chi connectivity index (χ0) is 14.9. The van der Waals surface area contributed by atoms with Crippen LogP contribution in [-0.2, 0) is 16.1 Å². The van der Waals surface area contributed by atoms with Gasteiger partial charge in [0.25, 0.3) is 0 Å². The number of rotatable bonds is 4. The molecule has 2 heterocycles. The van der Waals surface area contributed by atoms with Gasteiger partial charge in [-0.05, 0) is 38.0 Å². The number of nitrogens with one attached hydrogen (secondary N) is 3. The molecule has 4 aliphatic rings. The molecule has 0 radical (unpaired) electrons. The van der Waals surface area contributed by atoms with Gasteiger partial charge < -0.3 is 10.6 Å². The van der Waals surface area contributed by atoms with Crippen LogP contribution in [0.2, 0.25) is 0 Å². The zero-order valence-electron chi connectivity index (χ0n) is 12.3. The van der Waals surface area contributed by atoms with Crippen molar-refractivity contribution in [2.75, 3.05) is 0 Å². The summed E-state index contributed by atoms with van der Waals surface area (Å²) in [5.41, 5.74) is -0.663. The minimum atomic E-state index is -0.663. The fourth-order valence-electron chi connectivity index (χ4n) is 4.76. The summed E-state index contributed by atoms with van der Waals surface area (Å²) in [4.78, 5) is 29.2. The fourth-order valence-corrected chi connectivity index (χ4v) is 4.76. The van der Waals surface area contributed by atoms with Gasteiger partial charge in [-0.15, -0.1) is 0 Å². The Morgan fingerprint density at radius 2 is 2.23 bits per heavy atom. The van der Waals surface area contributed by atoms with Crippen molar-refractivity contribution in [3.63, 3.8) is 0 Å². The summed E-state index contributed by atoms with van der Waals surface area (Å²) in [5.74, 6) is 2.81. The highest BCUT2D eigenvalue weighted by atomic mass is 16.2. The molecule has 0 aromatic carbocycles. The van der Waals surface area contributed by atoms with Crippen molar-refractivity contribution < 1.29 is 9.59 Å². The van der Waals surface area contributed by atoms with Crippen molar-refractivity contribution in [1.82, 2.24) is 25.8 Å². The molecule has 1 aliphatic heterocycles. The topological polar surface area (TPSA) is 99.8 Å². The molecule has 7 heteroatoms. The number of aromatic amines is 1. The Morgan fingerprint density at radius 3 is 3.00 bits per heavy atom. The fraction of sp³-hybridized carbons (Fsp3) is 0.733. The Bertz CT molecular complexity index is 667. The van der Waals surface area contributed by atoms with Gasteiger partial charge in [0.2, 0.25) is 11.8 Å². The molecule has 5 rings (SSSR count). The van der Waals surface area contributed by atoms with E-state index in [1.807, 2.05) is 0 Å². The van der Waals surface area contributed by atoms with Crippen LogP contribution < -0.4 is 10.6 Å². The molecule has 4 atom stereocenters. The smallest absolute Gasteiger partial charge is 0.246 e. The first kappa shape index (κ1) is 12.6. The number of H-pyrrole nitrogens is 1. The first-order chi connectivity index (χ1) is 10.7. The predicted molar refractivity (Wildman–Crippen MR) is 75.4 cm³/mol. The van der Waals surface area contributed by atoms with Crippen molar-refractivity contribution in [3.05, 3.63) is 11.6 Å². The van der Waals surface area contributed by atoms with Gasteiger partial charge in [0.15, 0.2) is 5.82 Å². The lowest BCUT2D eigenvalue weighted by molar-refractivity contribution is -0.130. The van der Waals surface area contributed by atoms with Gasteiger partial charge in [-0.2, -0.15) is 5.10 Å². The van der Waals surface area contributed by atoms with Gasteiger partial charge in [0.05, 0.1) is 6.54 Å². The number of amides is 2. The monoisotopic (exact) mass is 301 g/mol. The third-order valence-electron chi connectivity index (χ3n) is 5.90. The second-order valence-electron chi connectivity index (χ2n) is 7.31. The summed E-state index contributed by atoms with van der Waals surface area (Å²) in [6.07, 6.45) is 5.06. The zero-order valence-corrected chi connectivity index (χ0v) is 12.3. The van der Waals surface area contributed by atoms with Gasteiger partial charge >= 0.3 is 0 Å². The molecule has 2 amide bonds. The quantitative estimate of drug-likeness (QED) is 0.740. The molecule has 22 heavy (non-hydrogen) atoms. The van der Waals surface area contributed by atoms with E-state index in [0.717, 1.165) is 37.9 Å². The highest BCUT2D eigenvalue weighted by Gasteiger charge is 2.66. The Morgan fingerprint density at radius 1 is 1.36 bits per heavy atom. The summed E-state index contributed by atoms with van der Waals surface area (Å²) >= 11 is 0. The predicted octanol–water partition coefficient (Wildman–Crippen LogP) is 0.213. The maximum atomic E-state index is 12.7. The van der Waals surface area contributed by atoms with Gasteiger partial charge in [-0.25, -0.2) is 4.98 Å². The summed E-state index contributed by atoms with van der Waals surface area (Å²) in [5, 5.41) is 13.0. The Labute approximate surface area is 127 Å². The number of nitrogens with zero attached hydrogens (tertiary/aromatic N) is 2. The largest absolute Gasteiger partial charge is 0.347 e. The SMILES string of the molecule is O=C1NC2(C(=O)NCc3nc(C4CC4)n[nH]3)CC3CC1C2C3. The van der Waals surface area contributed by atoms with E-state index in [1.54, 1.807) is 0 Å². The minimum absolute atomic E-state index is 0.0521. The number of hydrogen-bond acceptors (Lipinski definition) is 4. The molecule has 4 fully saturated rings. The molecule has 7 nitrogen and oxygen atoms in total. The lowest BCUT2D eigenvalue weighted by Crippen LogP contribution is -2.56. The van der Waals surface area contributed by atoms with Crippen LogP contribution >= 0.6 is 0 Å². The summed E-state index contributed by atoms with van der Waals surface area (Å²) in [7, 11) is 0. The molecule has 3 N–H and O–H groups in total. The highest BCUT2D eigenvalue weighted by molar-refractivity contribution is 5.97. The van der Waals surface area contributed by atoms with E-state index in [-0.39, 0.29) is 23.7 Å². The molecule has 3 aliphatic carbocycles. The van der Waals surface area contributed by atoms with Crippen LogP contribution in [0.3, 0.4) is 0 Å². The van der Waals surface area contributed by atoms with Gasteiger partial charge in [-0.1, -0.05) is 0 Å². The van der Waals surface area contributed by atoms with Crippen molar-refractivity contribution in [1.29, 1.82) is 0 Å². The molecule has 116 valence electrons. The molecule has 1 aromatic rings. The molecule has 4 unspecified atom stereocenters.